The van der Waals surface area contributed by atoms with Gasteiger partial charge in [0, 0.05) is 5.92 Å². The molecule has 0 aromatic carbocycles. The normalized spacial score (nSPS) is 29.4. The van der Waals surface area contributed by atoms with E-state index in [1.54, 1.807) is 12.4 Å². The van der Waals surface area contributed by atoms with Gasteiger partial charge in [-0.2, -0.15) is 0 Å². The van der Waals surface area contributed by atoms with Crippen molar-refractivity contribution in [2.24, 2.45) is 5.92 Å². The minimum atomic E-state index is -0.188. The van der Waals surface area contributed by atoms with E-state index in [1.165, 1.54) is 0 Å². The van der Waals surface area contributed by atoms with Gasteiger partial charge in [0.25, 0.3) is 0 Å². The zero-order valence-corrected chi connectivity index (χ0v) is 12.4. The summed E-state index contributed by atoms with van der Waals surface area (Å²) in [7, 11) is 0. The highest BCUT2D eigenvalue weighted by atomic mass is 79.9. The largest absolute Gasteiger partial charge is 0.468 e. The van der Waals surface area contributed by atoms with Gasteiger partial charge in [-0.25, -0.2) is 9.97 Å². The molecule has 2 heterocycles. The highest BCUT2D eigenvalue weighted by Gasteiger charge is 2.28. The van der Waals surface area contributed by atoms with E-state index in [9.17, 15) is 0 Å². The van der Waals surface area contributed by atoms with E-state index in [-0.39, 0.29) is 18.3 Å². The SMILES string of the molecule is Brc1cnc(OC2COC(C3C=CC=CC3)OC2)cn1. The molecular weight excluding hydrogens is 324 g/mol. The third kappa shape index (κ3) is 3.45. The second-order valence-electron chi connectivity index (χ2n) is 4.66. The standard InChI is InChI=1S/C14H15BrN2O3/c15-12-6-17-13(7-16-12)20-11-8-18-14(19-9-11)10-4-2-1-3-5-10/h1-4,6-7,10-11,14H,5,8-9H2. The Labute approximate surface area is 125 Å². The van der Waals surface area contributed by atoms with Gasteiger partial charge in [0.15, 0.2) is 6.29 Å². The first-order valence-electron chi connectivity index (χ1n) is 6.52. The van der Waals surface area contributed by atoms with Gasteiger partial charge < -0.3 is 14.2 Å². The van der Waals surface area contributed by atoms with Gasteiger partial charge in [-0.15, -0.1) is 0 Å². The smallest absolute Gasteiger partial charge is 0.232 e. The number of allylic oxidation sites excluding steroid dienone is 3. The first kappa shape index (κ1) is 13.7. The minimum absolute atomic E-state index is 0.148. The lowest BCUT2D eigenvalue weighted by molar-refractivity contribution is -0.226. The maximum atomic E-state index is 5.74. The molecule has 0 bridgehead atoms. The molecule has 1 fully saturated rings. The summed E-state index contributed by atoms with van der Waals surface area (Å²) in [6, 6.07) is 0. The topological polar surface area (TPSA) is 53.5 Å². The summed E-state index contributed by atoms with van der Waals surface area (Å²) in [6.07, 6.45) is 12.1. The summed E-state index contributed by atoms with van der Waals surface area (Å²) < 4.78 is 17.8. The van der Waals surface area contributed by atoms with E-state index in [0.29, 0.717) is 23.7 Å². The second-order valence-corrected chi connectivity index (χ2v) is 5.48. The van der Waals surface area contributed by atoms with Crippen LogP contribution in [-0.2, 0) is 9.47 Å². The van der Waals surface area contributed by atoms with E-state index in [4.69, 9.17) is 14.2 Å². The van der Waals surface area contributed by atoms with Crippen LogP contribution in [0.15, 0.2) is 41.3 Å². The van der Waals surface area contributed by atoms with Gasteiger partial charge in [-0.1, -0.05) is 24.3 Å². The molecule has 3 rings (SSSR count). The molecule has 1 atom stereocenters. The molecule has 1 aliphatic carbocycles. The molecule has 1 aliphatic heterocycles. The molecule has 6 heteroatoms. The number of hydrogen-bond donors (Lipinski definition) is 0. The molecule has 1 saturated heterocycles. The molecule has 0 spiro atoms. The molecule has 0 saturated carbocycles. The van der Waals surface area contributed by atoms with Crippen molar-refractivity contribution in [1.29, 1.82) is 0 Å². The van der Waals surface area contributed by atoms with Crippen LogP contribution in [0.2, 0.25) is 0 Å². The minimum Gasteiger partial charge on any atom is -0.468 e. The van der Waals surface area contributed by atoms with Crippen LogP contribution < -0.4 is 4.74 Å². The van der Waals surface area contributed by atoms with Gasteiger partial charge in [0.05, 0.1) is 25.6 Å². The van der Waals surface area contributed by atoms with Crippen LogP contribution in [0.1, 0.15) is 6.42 Å². The zero-order chi connectivity index (χ0) is 13.8. The molecule has 20 heavy (non-hydrogen) atoms. The maximum Gasteiger partial charge on any atom is 0.232 e. The molecule has 1 aromatic heterocycles. The van der Waals surface area contributed by atoms with Crippen LogP contribution in [0.5, 0.6) is 5.88 Å². The van der Waals surface area contributed by atoms with Gasteiger partial charge in [0.2, 0.25) is 5.88 Å². The highest BCUT2D eigenvalue weighted by molar-refractivity contribution is 9.10. The van der Waals surface area contributed by atoms with Crippen molar-refractivity contribution in [3.05, 3.63) is 41.3 Å². The molecule has 106 valence electrons. The van der Waals surface area contributed by atoms with Crippen molar-refractivity contribution in [3.63, 3.8) is 0 Å². The average Bonchev–Trinajstić information content (AvgIpc) is 2.51. The van der Waals surface area contributed by atoms with E-state index < -0.39 is 0 Å². The van der Waals surface area contributed by atoms with Crippen molar-refractivity contribution < 1.29 is 14.2 Å². The summed E-state index contributed by atoms with van der Waals surface area (Å²) >= 11 is 3.23. The van der Waals surface area contributed by atoms with Crippen LogP contribution in [0.4, 0.5) is 0 Å². The van der Waals surface area contributed by atoms with Crippen LogP contribution in [-0.4, -0.2) is 35.6 Å². The second kappa shape index (κ2) is 6.47. The van der Waals surface area contributed by atoms with E-state index in [1.807, 2.05) is 12.2 Å². The van der Waals surface area contributed by atoms with Gasteiger partial charge in [-0.3, -0.25) is 0 Å². The van der Waals surface area contributed by atoms with Crippen molar-refractivity contribution in [3.8, 4) is 5.88 Å². The summed E-state index contributed by atoms with van der Waals surface area (Å²) in [5.74, 6) is 0.762. The molecule has 2 aliphatic rings. The lowest BCUT2D eigenvalue weighted by atomic mass is 10.00. The Balaban J connectivity index is 1.49. The number of halogens is 1. The fourth-order valence-corrected chi connectivity index (χ4v) is 2.35. The summed E-state index contributed by atoms with van der Waals surface area (Å²) in [5, 5.41) is 0. The number of hydrogen-bond acceptors (Lipinski definition) is 5. The lowest BCUT2D eigenvalue weighted by Crippen LogP contribution is -2.42. The molecular formula is C14H15BrN2O3. The van der Waals surface area contributed by atoms with E-state index >= 15 is 0 Å². The van der Waals surface area contributed by atoms with Crippen LogP contribution >= 0.6 is 15.9 Å². The van der Waals surface area contributed by atoms with Gasteiger partial charge in [-0.05, 0) is 22.4 Å². The van der Waals surface area contributed by atoms with Gasteiger partial charge >= 0.3 is 0 Å². The van der Waals surface area contributed by atoms with Crippen LogP contribution in [0.3, 0.4) is 0 Å². The van der Waals surface area contributed by atoms with Crippen molar-refractivity contribution in [2.45, 2.75) is 18.8 Å². The molecule has 0 amide bonds. The Morgan fingerprint density at radius 2 is 2.00 bits per heavy atom. The first-order valence-corrected chi connectivity index (χ1v) is 7.31. The Hall–Kier alpha value is -1.24. The lowest BCUT2D eigenvalue weighted by Gasteiger charge is -2.33. The predicted molar refractivity (Wildman–Crippen MR) is 76.2 cm³/mol. The van der Waals surface area contributed by atoms with Crippen molar-refractivity contribution >= 4 is 15.9 Å². The van der Waals surface area contributed by atoms with Crippen molar-refractivity contribution in [2.75, 3.05) is 13.2 Å². The fourth-order valence-electron chi connectivity index (χ4n) is 2.15. The zero-order valence-electron chi connectivity index (χ0n) is 10.8. The third-order valence-electron chi connectivity index (χ3n) is 3.14. The van der Waals surface area contributed by atoms with Crippen LogP contribution in [0.25, 0.3) is 0 Å². The summed E-state index contributed by atoms with van der Waals surface area (Å²) in [5.41, 5.74) is 0. The summed E-state index contributed by atoms with van der Waals surface area (Å²) in [6.45, 7) is 0.993. The first-order chi connectivity index (χ1) is 9.81. The Morgan fingerprint density at radius 1 is 1.15 bits per heavy atom. The Bertz CT molecular complexity index is 496. The van der Waals surface area contributed by atoms with Gasteiger partial charge in [0.1, 0.15) is 10.7 Å². The molecule has 0 N–H and O–H groups in total. The number of rotatable bonds is 3. The fraction of sp³-hybridized carbons (Fsp3) is 0.429. The van der Waals surface area contributed by atoms with Crippen molar-refractivity contribution in [1.82, 2.24) is 9.97 Å². The van der Waals surface area contributed by atoms with E-state index in [0.717, 1.165) is 6.42 Å². The number of nitrogens with zero attached hydrogens (tertiary/aromatic N) is 2. The Morgan fingerprint density at radius 3 is 2.65 bits per heavy atom. The summed E-state index contributed by atoms with van der Waals surface area (Å²) in [4.78, 5) is 8.18. The Kier molecular flexibility index (Phi) is 4.44. The molecule has 1 unspecified atom stereocenters. The highest BCUT2D eigenvalue weighted by Crippen LogP contribution is 2.23. The van der Waals surface area contributed by atoms with E-state index in [2.05, 4.69) is 38.0 Å². The monoisotopic (exact) mass is 338 g/mol. The third-order valence-corrected chi connectivity index (χ3v) is 3.55. The predicted octanol–water partition coefficient (Wildman–Crippen LogP) is 2.49. The number of aromatic nitrogens is 2. The maximum absolute atomic E-state index is 5.74. The number of ether oxygens (including phenoxy) is 3. The quantitative estimate of drug-likeness (QED) is 0.847. The molecule has 5 nitrogen and oxygen atoms in total. The molecule has 0 radical (unpaired) electrons. The molecule has 1 aromatic rings. The van der Waals surface area contributed by atoms with Crippen LogP contribution in [0, 0.1) is 5.92 Å². The average molecular weight is 339 g/mol.